The van der Waals surface area contributed by atoms with Crippen LogP contribution >= 0.6 is 0 Å². The molecule has 0 aliphatic rings. The summed E-state index contributed by atoms with van der Waals surface area (Å²) < 4.78 is 2.10. The van der Waals surface area contributed by atoms with Crippen LogP contribution in [0.4, 0.5) is 5.69 Å². The number of imidazole rings is 1. The molecule has 0 saturated heterocycles. The second kappa shape index (κ2) is 6.36. The SMILES string of the molecule is Cc1cn2c(C)cnc2cc1N=C(c1ccccc1)c1ccccc1. The Balaban J connectivity index is 1.92. The number of benzene rings is 2. The predicted octanol–water partition coefficient (Wildman–Crippen LogP) is 5.12. The van der Waals surface area contributed by atoms with Crippen molar-refractivity contribution in [2.75, 3.05) is 0 Å². The molecule has 122 valence electrons. The smallest absolute Gasteiger partial charge is 0.139 e. The number of nitrogens with zero attached hydrogens (tertiary/aromatic N) is 3. The first-order chi connectivity index (χ1) is 12.2. The normalized spacial score (nSPS) is 10.8. The van der Waals surface area contributed by atoms with Crippen LogP contribution in [0.15, 0.2) is 84.1 Å². The first kappa shape index (κ1) is 15.3. The Morgan fingerprint density at radius 3 is 2.08 bits per heavy atom. The van der Waals surface area contributed by atoms with Crippen LogP contribution in [0.1, 0.15) is 22.4 Å². The Morgan fingerprint density at radius 2 is 1.48 bits per heavy atom. The molecule has 4 aromatic rings. The number of aliphatic imine (C=N–C) groups is 1. The summed E-state index contributed by atoms with van der Waals surface area (Å²) in [6, 6.07) is 22.7. The molecular weight excluding hydrogens is 306 g/mol. The Hall–Kier alpha value is -3.20. The zero-order valence-corrected chi connectivity index (χ0v) is 14.3. The zero-order chi connectivity index (χ0) is 17.2. The van der Waals surface area contributed by atoms with E-state index >= 15 is 0 Å². The van der Waals surface area contributed by atoms with Gasteiger partial charge in [-0.2, -0.15) is 0 Å². The van der Waals surface area contributed by atoms with Crippen LogP contribution in [0.25, 0.3) is 5.65 Å². The lowest BCUT2D eigenvalue weighted by Gasteiger charge is -2.10. The molecule has 3 heteroatoms. The first-order valence-corrected chi connectivity index (χ1v) is 8.36. The summed E-state index contributed by atoms with van der Waals surface area (Å²) in [6.45, 7) is 4.15. The number of fused-ring (bicyclic) bond motifs is 1. The van der Waals surface area contributed by atoms with Crippen molar-refractivity contribution in [2.45, 2.75) is 13.8 Å². The fraction of sp³-hybridized carbons (Fsp3) is 0.0909. The van der Waals surface area contributed by atoms with Gasteiger partial charge >= 0.3 is 0 Å². The Bertz CT molecular complexity index is 1000. The van der Waals surface area contributed by atoms with Crippen molar-refractivity contribution in [1.82, 2.24) is 9.38 Å². The summed E-state index contributed by atoms with van der Waals surface area (Å²) in [5.74, 6) is 0. The summed E-state index contributed by atoms with van der Waals surface area (Å²) in [5.41, 5.74) is 7.29. The van der Waals surface area contributed by atoms with E-state index in [0.717, 1.165) is 39.4 Å². The minimum Gasteiger partial charge on any atom is -0.304 e. The van der Waals surface area contributed by atoms with E-state index < -0.39 is 0 Å². The maximum atomic E-state index is 5.02. The van der Waals surface area contributed by atoms with Gasteiger partial charge in [0.05, 0.1) is 11.4 Å². The van der Waals surface area contributed by atoms with Gasteiger partial charge in [0.25, 0.3) is 0 Å². The molecule has 0 radical (unpaired) electrons. The van der Waals surface area contributed by atoms with Crippen molar-refractivity contribution in [3.05, 3.63) is 102 Å². The summed E-state index contributed by atoms with van der Waals surface area (Å²) in [4.78, 5) is 9.49. The molecule has 0 aliphatic carbocycles. The van der Waals surface area contributed by atoms with E-state index in [0.29, 0.717) is 0 Å². The molecule has 0 atom stereocenters. The van der Waals surface area contributed by atoms with Crippen molar-refractivity contribution in [2.24, 2.45) is 4.99 Å². The average molecular weight is 325 g/mol. The molecule has 2 aromatic carbocycles. The van der Waals surface area contributed by atoms with Gasteiger partial charge in [-0.3, -0.25) is 0 Å². The molecule has 0 amide bonds. The van der Waals surface area contributed by atoms with Gasteiger partial charge in [-0.25, -0.2) is 9.98 Å². The van der Waals surface area contributed by atoms with Gasteiger partial charge in [0.1, 0.15) is 5.65 Å². The highest BCUT2D eigenvalue weighted by Gasteiger charge is 2.09. The lowest BCUT2D eigenvalue weighted by molar-refractivity contribution is 1.09. The second-order valence-corrected chi connectivity index (χ2v) is 6.16. The third kappa shape index (κ3) is 2.96. The van der Waals surface area contributed by atoms with Gasteiger partial charge < -0.3 is 4.40 Å². The maximum absolute atomic E-state index is 5.02. The molecule has 0 saturated carbocycles. The quantitative estimate of drug-likeness (QED) is 0.481. The van der Waals surface area contributed by atoms with Gasteiger partial charge in [0.2, 0.25) is 0 Å². The molecule has 25 heavy (non-hydrogen) atoms. The van der Waals surface area contributed by atoms with Crippen LogP contribution in [0.3, 0.4) is 0 Å². The molecule has 0 fully saturated rings. The topological polar surface area (TPSA) is 29.7 Å². The largest absolute Gasteiger partial charge is 0.304 e. The third-order valence-corrected chi connectivity index (χ3v) is 4.33. The monoisotopic (exact) mass is 325 g/mol. The lowest BCUT2D eigenvalue weighted by Crippen LogP contribution is -2.03. The molecule has 0 unspecified atom stereocenters. The second-order valence-electron chi connectivity index (χ2n) is 6.16. The van der Waals surface area contributed by atoms with Crippen molar-refractivity contribution >= 4 is 17.0 Å². The molecule has 0 N–H and O–H groups in total. The van der Waals surface area contributed by atoms with Crippen LogP contribution in [-0.4, -0.2) is 15.1 Å². The molecular formula is C22H19N3. The summed E-state index contributed by atoms with van der Waals surface area (Å²) in [5, 5.41) is 0. The zero-order valence-electron chi connectivity index (χ0n) is 14.3. The van der Waals surface area contributed by atoms with E-state index in [-0.39, 0.29) is 0 Å². The van der Waals surface area contributed by atoms with E-state index in [1.54, 1.807) is 0 Å². The van der Waals surface area contributed by atoms with Gasteiger partial charge in [-0.1, -0.05) is 60.7 Å². The molecule has 2 heterocycles. The van der Waals surface area contributed by atoms with Gasteiger partial charge in [-0.15, -0.1) is 0 Å². The molecule has 0 spiro atoms. The minimum atomic E-state index is 0.919. The fourth-order valence-corrected chi connectivity index (χ4v) is 2.96. The highest BCUT2D eigenvalue weighted by molar-refractivity contribution is 6.14. The summed E-state index contributed by atoms with van der Waals surface area (Å²) >= 11 is 0. The maximum Gasteiger partial charge on any atom is 0.139 e. The number of hydrogen-bond donors (Lipinski definition) is 0. The first-order valence-electron chi connectivity index (χ1n) is 8.36. The summed E-state index contributed by atoms with van der Waals surface area (Å²) in [7, 11) is 0. The Labute approximate surface area is 147 Å². The average Bonchev–Trinajstić information content (AvgIpc) is 3.01. The highest BCUT2D eigenvalue weighted by Crippen LogP contribution is 2.24. The van der Waals surface area contributed by atoms with E-state index in [4.69, 9.17) is 4.99 Å². The Kier molecular flexibility index (Phi) is 3.90. The highest BCUT2D eigenvalue weighted by atomic mass is 15.0. The number of aromatic nitrogens is 2. The van der Waals surface area contributed by atoms with Gasteiger partial charge in [0.15, 0.2) is 0 Å². The lowest BCUT2D eigenvalue weighted by atomic mass is 10.0. The molecule has 0 bridgehead atoms. The van der Waals surface area contributed by atoms with Gasteiger partial charge in [0, 0.05) is 35.3 Å². The number of hydrogen-bond acceptors (Lipinski definition) is 2. The number of aryl methyl sites for hydroxylation is 2. The molecule has 0 aliphatic heterocycles. The van der Waals surface area contributed by atoms with Crippen LogP contribution in [-0.2, 0) is 0 Å². The van der Waals surface area contributed by atoms with Crippen LogP contribution in [0, 0.1) is 13.8 Å². The van der Waals surface area contributed by atoms with Crippen LogP contribution in [0.2, 0.25) is 0 Å². The number of pyridine rings is 1. The molecule has 3 nitrogen and oxygen atoms in total. The van der Waals surface area contributed by atoms with Crippen LogP contribution < -0.4 is 0 Å². The van der Waals surface area contributed by atoms with Crippen LogP contribution in [0.5, 0.6) is 0 Å². The summed E-state index contributed by atoms with van der Waals surface area (Å²) in [6.07, 6.45) is 3.99. The predicted molar refractivity (Wildman–Crippen MR) is 103 cm³/mol. The van der Waals surface area contributed by atoms with Crippen molar-refractivity contribution in [3.8, 4) is 0 Å². The standard InChI is InChI=1S/C22H19N3/c1-16-15-25-17(2)14-23-21(25)13-20(16)24-22(18-9-5-3-6-10-18)19-11-7-4-8-12-19/h3-15H,1-2H3. The van der Waals surface area contributed by atoms with E-state index in [2.05, 4.69) is 53.7 Å². The van der Waals surface area contributed by atoms with Crippen molar-refractivity contribution in [3.63, 3.8) is 0 Å². The number of rotatable bonds is 3. The third-order valence-electron chi connectivity index (χ3n) is 4.33. The van der Waals surface area contributed by atoms with Crippen molar-refractivity contribution in [1.29, 1.82) is 0 Å². The van der Waals surface area contributed by atoms with Gasteiger partial charge in [-0.05, 0) is 19.4 Å². The van der Waals surface area contributed by atoms with Crippen molar-refractivity contribution < 1.29 is 0 Å². The Morgan fingerprint density at radius 1 is 0.880 bits per heavy atom. The van der Waals surface area contributed by atoms with E-state index in [1.165, 1.54) is 0 Å². The van der Waals surface area contributed by atoms with E-state index in [9.17, 15) is 0 Å². The molecule has 2 aromatic heterocycles. The fourth-order valence-electron chi connectivity index (χ4n) is 2.96. The molecule has 4 rings (SSSR count). The minimum absolute atomic E-state index is 0.919. The van der Waals surface area contributed by atoms with E-state index in [1.807, 2.05) is 48.7 Å².